The molecule has 6 heterocycles. The minimum atomic E-state index is -0.568. The summed E-state index contributed by atoms with van der Waals surface area (Å²) in [6.07, 6.45) is 5.14. The zero-order chi connectivity index (χ0) is 47.5. The molecule has 2 aliphatic heterocycles. The maximum atomic E-state index is 14.5. The lowest BCUT2D eigenvalue weighted by atomic mass is 10.1. The van der Waals surface area contributed by atoms with Crippen LogP contribution in [0.1, 0.15) is 63.9 Å². The molecule has 0 bridgehead atoms. The maximum absolute atomic E-state index is 14.5. The fraction of sp³-hybridized carbons (Fsp3) is 0.275. The summed E-state index contributed by atoms with van der Waals surface area (Å²) in [5.74, 6) is 0.896. The molecule has 9 rings (SSSR count). The van der Waals surface area contributed by atoms with Gasteiger partial charge in [-0.15, -0.1) is 11.3 Å². The summed E-state index contributed by atoms with van der Waals surface area (Å²) in [4.78, 5) is 61.2. The van der Waals surface area contributed by atoms with Crippen LogP contribution in [0.5, 0.6) is 0 Å². The highest BCUT2D eigenvalue weighted by molar-refractivity contribution is 7.10. The number of rotatable bonds is 12. The van der Waals surface area contributed by atoms with Crippen molar-refractivity contribution in [3.63, 3.8) is 0 Å². The van der Waals surface area contributed by atoms with Gasteiger partial charge in [0.25, 0.3) is 11.1 Å². The van der Waals surface area contributed by atoms with E-state index in [9.17, 15) is 35.0 Å². The molecule has 17 heteroatoms. The van der Waals surface area contributed by atoms with Crippen molar-refractivity contribution in [3.05, 3.63) is 189 Å². The lowest BCUT2D eigenvalue weighted by molar-refractivity contribution is 0.490. The van der Waals surface area contributed by atoms with Crippen LogP contribution in [0.2, 0.25) is 0 Å². The number of aromatic nitrogens is 5. The molecule has 2 fully saturated rings. The Morgan fingerprint density at radius 3 is 1.71 bits per heavy atom. The Kier molecular flexibility index (Phi) is 12.9. The first-order chi connectivity index (χ1) is 33.0. The van der Waals surface area contributed by atoms with E-state index in [1.807, 2.05) is 68.4 Å². The zero-order valence-corrected chi connectivity index (χ0v) is 38.0. The third kappa shape index (κ3) is 8.96. The second-order valence-corrected chi connectivity index (χ2v) is 18.3. The normalized spacial score (nSPS) is 16.0. The third-order valence-electron chi connectivity index (χ3n) is 12.8. The van der Waals surface area contributed by atoms with Gasteiger partial charge in [-0.05, 0) is 78.8 Å². The maximum Gasteiger partial charge on any atom is 0.333 e. The van der Waals surface area contributed by atoms with E-state index in [2.05, 4.69) is 18.2 Å². The van der Waals surface area contributed by atoms with Crippen LogP contribution in [0.25, 0.3) is 16.9 Å². The van der Waals surface area contributed by atoms with Crippen molar-refractivity contribution in [2.75, 3.05) is 36.0 Å². The molecule has 342 valence electrons. The van der Waals surface area contributed by atoms with E-state index in [1.54, 1.807) is 47.0 Å². The molecule has 68 heavy (non-hydrogen) atoms. The number of nitriles is 3. The molecule has 0 radical (unpaired) electrons. The molecule has 2 atom stereocenters. The van der Waals surface area contributed by atoms with E-state index in [4.69, 9.17) is 11.5 Å². The lowest BCUT2D eigenvalue weighted by Gasteiger charge is -2.34. The van der Waals surface area contributed by atoms with Crippen LogP contribution in [0.4, 0.5) is 11.6 Å². The number of anilines is 2. The summed E-state index contributed by atoms with van der Waals surface area (Å²) in [5.41, 5.74) is 15.7. The molecule has 2 aliphatic rings. The van der Waals surface area contributed by atoms with Crippen LogP contribution in [0.3, 0.4) is 0 Å². The number of nitrogens with zero attached hydrogens (tertiary/aromatic N) is 10. The predicted molar refractivity (Wildman–Crippen MR) is 261 cm³/mol. The van der Waals surface area contributed by atoms with Gasteiger partial charge in [-0.1, -0.05) is 48.5 Å². The quantitative estimate of drug-likeness (QED) is 0.173. The SMILES string of the molecule is N#Cc1ccccc1Cn1c(N2CCC[C@@H](N)C2)cc(=O)n(Cc2cccc(-n3cccc3-c3csc(Cn4c(=O)cc(N5CCC[C@@H](N)C5)n(Cc5ccccc5C#N)c4=O)c3C#N)c2)c1=O. The third-order valence-corrected chi connectivity index (χ3v) is 13.8. The Bertz CT molecular complexity index is 3430. The number of benzene rings is 3. The van der Waals surface area contributed by atoms with E-state index >= 15 is 0 Å². The van der Waals surface area contributed by atoms with Crippen LogP contribution in [-0.2, 0) is 26.2 Å². The molecule has 4 aromatic heterocycles. The molecule has 0 spiro atoms. The van der Waals surface area contributed by atoms with Gasteiger partial charge in [0.15, 0.2) is 0 Å². The highest BCUT2D eigenvalue weighted by Gasteiger charge is 2.26. The zero-order valence-electron chi connectivity index (χ0n) is 37.2. The van der Waals surface area contributed by atoms with Crippen molar-refractivity contribution in [1.82, 2.24) is 22.8 Å². The summed E-state index contributed by atoms with van der Waals surface area (Å²) in [6, 6.07) is 34.7. The molecule has 0 aliphatic carbocycles. The fourth-order valence-electron chi connectivity index (χ4n) is 9.41. The Morgan fingerprint density at radius 1 is 0.603 bits per heavy atom. The van der Waals surface area contributed by atoms with E-state index in [-0.39, 0.29) is 38.3 Å². The topological polar surface area (TPSA) is 223 Å². The molecule has 16 nitrogen and oxygen atoms in total. The summed E-state index contributed by atoms with van der Waals surface area (Å²) >= 11 is 1.27. The highest BCUT2D eigenvalue weighted by Crippen LogP contribution is 2.34. The fourth-order valence-corrected chi connectivity index (χ4v) is 10.4. The van der Waals surface area contributed by atoms with Gasteiger partial charge in [0.1, 0.15) is 17.7 Å². The van der Waals surface area contributed by atoms with E-state index in [1.165, 1.54) is 32.6 Å². The number of hydrogen-bond donors (Lipinski definition) is 2. The molecule has 0 amide bonds. The summed E-state index contributed by atoms with van der Waals surface area (Å²) < 4.78 is 7.31. The van der Waals surface area contributed by atoms with E-state index < -0.39 is 22.5 Å². The Morgan fingerprint density at radius 2 is 1.16 bits per heavy atom. The molecular weight excluding hydrogens is 877 g/mol. The number of thiophene rings is 1. The smallest absolute Gasteiger partial charge is 0.333 e. The minimum absolute atomic E-state index is 0.0361. The van der Waals surface area contributed by atoms with Crippen molar-refractivity contribution < 1.29 is 0 Å². The first kappa shape index (κ1) is 45.2. The summed E-state index contributed by atoms with van der Waals surface area (Å²) in [5, 5.41) is 32.2. The lowest BCUT2D eigenvalue weighted by Crippen LogP contribution is -2.48. The monoisotopic (exact) mass is 924 g/mol. The van der Waals surface area contributed by atoms with Gasteiger partial charge in [-0.25, -0.2) is 9.59 Å². The van der Waals surface area contributed by atoms with Crippen molar-refractivity contribution in [2.24, 2.45) is 11.5 Å². The van der Waals surface area contributed by atoms with Gasteiger partial charge in [0.05, 0.1) is 60.7 Å². The van der Waals surface area contributed by atoms with Crippen LogP contribution >= 0.6 is 11.3 Å². The molecule has 2 saturated heterocycles. The molecular formula is C51H48N12O4S. The van der Waals surface area contributed by atoms with Crippen LogP contribution in [0, 0.1) is 34.0 Å². The van der Waals surface area contributed by atoms with Gasteiger partial charge in [-0.3, -0.25) is 27.9 Å². The molecule has 7 aromatic rings. The summed E-state index contributed by atoms with van der Waals surface area (Å²) in [6.45, 7) is 2.16. The van der Waals surface area contributed by atoms with Gasteiger partial charge >= 0.3 is 11.4 Å². The number of hydrogen-bond acceptors (Lipinski definition) is 12. The van der Waals surface area contributed by atoms with Crippen molar-refractivity contribution >= 4 is 23.0 Å². The van der Waals surface area contributed by atoms with Crippen molar-refractivity contribution in [3.8, 4) is 35.2 Å². The number of nitrogens with two attached hydrogens (primary N) is 2. The van der Waals surface area contributed by atoms with Gasteiger partial charge < -0.3 is 25.8 Å². The standard InChI is InChI=1S/C51H48N12O4S/c52-24-35-10-1-3-12-37(35)28-60-46(57-18-6-14-39(55)30-57)22-48(64)62(50(60)66)27-34-9-5-16-41(21-34)59-20-8-17-44(59)43-33-68-45(42(43)26-54)32-63-49(65)23-47(58-19-7-15-40(56)31-58)61(51(63)67)29-38-13-4-2-11-36(38)25-53/h1-5,8-13,16-17,20-23,33,39-40H,6-7,14-15,18-19,27-32,55-56H2/t39-,40-/m1/s1. The Labute approximate surface area is 395 Å². The van der Waals surface area contributed by atoms with Crippen molar-refractivity contribution in [2.45, 2.75) is 63.9 Å². The molecule has 3 aromatic carbocycles. The second-order valence-electron chi connectivity index (χ2n) is 17.3. The highest BCUT2D eigenvalue weighted by atomic mass is 32.1. The number of piperidine rings is 2. The van der Waals surface area contributed by atoms with Crippen LogP contribution in [-0.4, -0.2) is 61.1 Å². The molecule has 0 saturated carbocycles. The van der Waals surface area contributed by atoms with E-state index in [0.29, 0.717) is 93.0 Å². The van der Waals surface area contributed by atoms with Crippen LogP contribution in [0.15, 0.2) is 128 Å². The molecule has 4 N–H and O–H groups in total. The average Bonchev–Trinajstić information content (AvgIpc) is 4.01. The first-order valence-electron chi connectivity index (χ1n) is 22.5. The summed E-state index contributed by atoms with van der Waals surface area (Å²) in [7, 11) is 0. The van der Waals surface area contributed by atoms with Gasteiger partial charge in [0.2, 0.25) is 0 Å². The predicted octanol–water partition coefficient (Wildman–Crippen LogP) is 4.52. The Hall–Kier alpha value is -8.01. The van der Waals surface area contributed by atoms with Gasteiger partial charge in [0, 0.05) is 78.1 Å². The van der Waals surface area contributed by atoms with Crippen molar-refractivity contribution in [1.29, 1.82) is 15.8 Å². The minimum Gasteiger partial charge on any atom is -0.356 e. The molecule has 0 unspecified atom stereocenters. The van der Waals surface area contributed by atoms with Crippen LogP contribution < -0.4 is 43.8 Å². The Balaban J connectivity index is 1.04. The largest absolute Gasteiger partial charge is 0.356 e. The second kappa shape index (κ2) is 19.5. The van der Waals surface area contributed by atoms with E-state index in [0.717, 1.165) is 30.3 Å². The van der Waals surface area contributed by atoms with Gasteiger partial charge in [-0.2, -0.15) is 15.8 Å². The average molecular weight is 925 g/mol. The first-order valence-corrected chi connectivity index (χ1v) is 23.4.